The fourth-order valence-corrected chi connectivity index (χ4v) is 3.69. The number of nitrogens with zero attached hydrogens (tertiary/aromatic N) is 2. The van der Waals surface area contributed by atoms with E-state index in [1.807, 2.05) is 0 Å². The summed E-state index contributed by atoms with van der Waals surface area (Å²) in [6, 6.07) is 13.6. The van der Waals surface area contributed by atoms with Gasteiger partial charge in [-0.1, -0.05) is 0 Å². The largest absolute Gasteiger partial charge is 0.427 e. The van der Waals surface area contributed by atoms with Gasteiger partial charge in [-0.3, -0.25) is 19.2 Å². The first kappa shape index (κ1) is 29.2. The molecule has 0 bridgehead atoms. The van der Waals surface area contributed by atoms with E-state index in [-0.39, 0.29) is 24.7 Å². The lowest BCUT2D eigenvalue weighted by Gasteiger charge is -2.06. The maximum Gasteiger partial charge on any atom is 0.308 e. The maximum atomic E-state index is 12.0. The van der Waals surface area contributed by atoms with E-state index in [0.29, 0.717) is 34.4 Å². The molecule has 2 N–H and O–H groups in total. The van der Waals surface area contributed by atoms with Crippen LogP contribution in [0.4, 0.5) is 0 Å². The number of thioether (sulfide) groups is 1. The Labute approximate surface area is 219 Å². The van der Waals surface area contributed by atoms with Gasteiger partial charge in [0.2, 0.25) is 11.8 Å². The van der Waals surface area contributed by atoms with E-state index in [9.17, 15) is 19.2 Å². The highest BCUT2D eigenvalue weighted by Gasteiger charge is 2.06. The summed E-state index contributed by atoms with van der Waals surface area (Å²) in [5.41, 5.74) is 7.83. The van der Waals surface area contributed by atoms with Crippen LogP contribution in [-0.2, 0) is 19.2 Å². The van der Waals surface area contributed by atoms with Gasteiger partial charge in [-0.25, -0.2) is 10.9 Å². The van der Waals surface area contributed by atoms with Gasteiger partial charge in [0.1, 0.15) is 11.5 Å². The number of ether oxygens (including phenoxy) is 2. The molecule has 0 saturated carbocycles. The molecule has 0 fully saturated rings. The quantitative estimate of drug-likeness (QED) is 0.142. The summed E-state index contributed by atoms with van der Waals surface area (Å²) in [5.74, 6) is 0.716. The molecule has 10 nitrogen and oxygen atoms in total. The molecule has 2 rings (SSSR count). The molecule has 0 aliphatic rings. The first-order valence-corrected chi connectivity index (χ1v) is 12.6. The van der Waals surface area contributed by atoms with Gasteiger partial charge in [0.15, 0.2) is 0 Å². The highest BCUT2D eigenvalue weighted by molar-refractivity contribution is 7.99. The normalized spacial score (nSPS) is 11.5. The van der Waals surface area contributed by atoms with Crippen molar-refractivity contribution in [2.24, 2.45) is 10.2 Å². The number of hydrogen-bond donors (Lipinski definition) is 2. The number of hydrazone groups is 2. The lowest BCUT2D eigenvalue weighted by Crippen LogP contribution is -2.20. The summed E-state index contributed by atoms with van der Waals surface area (Å²) in [7, 11) is 0. The van der Waals surface area contributed by atoms with E-state index in [4.69, 9.17) is 9.47 Å². The Bertz CT molecular complexity index is 1070. The number of nitrogens with one attached hydrogen (secondary N) is 2. The van der Waals surface area contributed by atoms with E-state index < -0.39 is 11.9 Å². The van der Waals surface area contributed by atoms with Gasteiger partial charge in [-0.2, -0.15) is 22.0 Å². The zero-order valence-electron chi connectivity index (χ0n) is 21.2. The SMILES string of the molecule is CC(=O)Oc1ccc(/C(C)=N/NC(=O)CCSCCC(=O)N/N=C(\C)c2ccc(OC(C)=O)cc2)cc1. The van der Waals surface area contributed by atoms with Crippen molar-refractivity contribution in [3.05, 3.63) is 59.7 Å². The molecule has 2 amide bonds. The van der Waals surface area contributed by atoms with Crippen molar-refractivity contribution in [2.45, 2.75) is 40.5 Å². The zero-order valence-corrected chi connectivity index (χ0v) is 22.0. The number of hydrogen-bond acceptors (Lipinski definition) is 9. The number of benzene rings is 2. The van der Waals surface area contributed by atoms with Crippen LogP contribution in [0.5, 0.6) is 11.5 Å². The van der Waals surface area contributed by atoms with Crippen molar-refractivity contribution in [3.8, 4) is 11.5 Å². The number of rotatable bonds is 12. The Balaban J connectivity index is 1.64. The minimum atomic E-state index is -0.395. The van der Waals surface area contributed by atoms with Crippen LogP contribution in [0.3, 0.4) is 0 Å². The summed E-state index contributed by atoms with van der Waals surface area (Å²) in [5, 5.41) is 8.19. The Morgan fingerprint density at radius 1 is 0.649 bits per heavy atom. The Morgan fingerprint density at radius 3 is 1.32 bits per heavy atom. The lowest BCUT2D eigenvalue weighted by atomic mass is 10.1. The average molecular weight is 527 g/mol. The zero-order chi connectivity index (χ0) is 27.2. The van der Waals surface area contributed by atoms with Crippen LogP contribution in [0.2, 0.25) is 0 Å². The van der Waals surface area contributed by atoms with Crippen LogP contribution in [0, 0.1) is 0 Å². The molecule has 0 unspecified atom stereocenters. The molecular formula is C26H30N4O6S. The minimum absolute atomic E-state index is 0.229. The maximum absolute atomic E-state index is 12.0. The van der Waals surface area contributed by atoms with Gasteiger partial charge in [0.05, 0.1) is 11.4 Å². The van der Waals surface area contributed by atoms with Crippen molar-refractivity contribution in [1.29, 1.82) is 0 Å². The molecule has 2 aromatic rings. The van der Waals surface area contributed by atoms with Gasteiger partial charge in [-0.05, 0) is 73.5 Å². The summed E-state index contributed by atoms with van der Waals surface area (Å²) < 4.78 is 9.97. The smallest absolute Gasteiger partial charge is 0.308 e. The number of esters is 2. The van der Waals surface area contributed by atoms with Crippen molar-refractivity contribution < 1.29 is 28.7 Å². The topological polar surface area (TPSA) is 136 Å². The fraction of sp³-hybridized carbons (Fsp3) is 0.308. The van der Waals surface area contributed by atoms with Crippen LogP contribution >= 0.6 is 11.8 Å². The fourth-order valence-electron chi connectivity index (χ4n) is 2.83. The van der Waals surface area contributed by atoms with Crippen molar-refractivity contribution in [3.63, 3.8) is 0 Å². The van der Waals surface area contributed by atoms with Crippen LogP contribution in [0.15, 0.2) is 58.7 Å². The monoisotopic (exact) mass is 526 g/mol. The van der Waals surface area contributed by atoms with E-state index >= 15 is 0 Å². The molecule has 0 aliphatic carbocycles. The Kier molecular flexibility index (Phi) is 12.0. The summed E-state index contributed by atoms with van der Waals surface area (Å²) in [4.78, 5) is 46.0. The summed E-state index contributed by atoms with van der Waals surface area (Å²) >= 11 is 1.48. The predicted octanol–water partition coefficient (Wildman–Crippen LogP) is 3.43. The van der Waals surface area contributed by atoms with Gasteiger partial charge < -0.3 is 9.47 Å². The van der Waals surface area contributed by atoms with Crippen LogP contribution in [-0.4, -0.2) is 46.7 Å². The highest BCUT2D eigenvalue weighted by atomic mass is 32.2. The number of carbonyl (C=O) groups excluding carboxylic acids is 4. The second kappa shape index (κ2) is 15.2. The van der Waals surface area contributed by atoms with Gasteiger partial charge in [0.25, 0.3) is 0 Å². The van der Waals surface area contributed by atoms with Gasteiger partial charge in [-0.15, -0.1) is 0 Å². The van der Waals surface area contributed by atoms with E-state index in [1.165, 1.54) is 25.6 Å². The van der Waals surface area contributed by atoms with Crippen molar-refractivity contribution >= 4 is 46.9 Å². The standard InChI is InChI=1S/C26H30N4O6S/c1-17(21-5-9-23(10-6-21)35-19(3)31)27-29-25(33)13-15-37-16-14-26(34)30-28-18(2)22-7-11-24(12-8-22)36-20(4)32/h5-12H,13-16H2,1-4H3,(H,29,33)(H,30,34)/b27-17+,28-18+. The molecule has 196 valence electrons. The number of amides is 2. The Morgan fingerprint density at radius 2 is 1.00 bits per heavy atom. The van der Waals surface area contributed by atoms with Crippen molar-refractivity contribution in [2.75, 3.05) is 11.5 Å². The average Bonchev–Trinajstić information content (AvgIpc) is 2.85. The predicted molar refractivity (Wildman–Crippen MR) is 143 cm³/mol. The minimum Gasteiger partial charge on any atom is -0.427 e. The first-order valence-electron chi connectivity index (χ1n) is 11.5. The molecule has 37 heavy (non-hydrogen) atoms. The molecule has 0 spiro atoms. The molecule has 11 heteroatoms. The summed E-state index contributed by atoms with van der Waals surface area (Å²) in [6.07, 6.45) is 0.518. The highest BCUT2D eigenvalue weighted by Crippen LogP contribution is 2.14. The molecule has 0 aliphatic heterocycles. The number of carbonyl (C=O) groups is 4. The molecule has 0 atom stereocenters. The van der Waals surface area contributed by atoms with E-state index in [1.54, 1.807) is 62.4 Å². The van der Waals surface area contributed by atoms with Gasteiger partial charge in [0, 0.05) is 38.2 Å². The van der Waals surface area contributed by atoms with Gasteiger partial charge >= 0.3 is 11.9 Å². The molecule has 0 saturated heterocycles. The third kappa shape index (κ3) is 11.5. The van der Waals surface area contributed by atoms with Crippen LogP contribution in [0.1, 0.15) is 51.7 Å². The Hall–Kier alpha value is -3.99. The van der Waals surface area contributed by atoms with Crippen molar-refractivity contribution in [1.82, 2.24) is 10.9 Å². The second-order valence-electron chi connectivity index (χ2n) is 7.81. The third-order valence-corrected chi connectivity index (χ3v) is 5.70. The molecular weight excluding hydrogens is 496 g/mol. The molecule has 2 aromatic carbocycles. The van der Waals surface area contributed by atoms with E-state index in [2.05, 4.69) is 21.1 Å². The second-order valence-corrected chi connectivity index (χ2v) is 9.04. The lowest BCUT2D eigenvalue weighted by molar-refractivity contribution is -0.132. The molecule has 0 radical (unpaired) electrons. The van der Waals surface area contributed by atoms with Crippen LogP contribution < -0.4 is 20.3 Å². The molecule has 0 heterocycles. The third-order valence-electron chi connectivity index (χ3n) is 4.71. The van der Waals surface area contributed by atoms with Crippen LogP contribution in [0.25, 0.3) is 0 Å². The van der Waals surface area contributed by atoms with E-state index in [0.717, 1.165) is 11.1 Å². The summed E-state index contributed by atoms with van der Waals surface area (Å²) in [6.45, 7) is 6.18. The molecule has 0 aromatic heterocycles. The first-order chi connectivity index (χ1) is 17.6.